The average molecular weight is 333 g/mol. The standard InChI is InChI=1S/C16H14Cl2N4/c1-10-6-15-16(19-3-5-22(15)20-10)21-4-2-11-7-12(17)8-14(18)13(11)9-21/h3,5-8H,2,4,9H2,1H3. The van der Waals surface area contributed by atoms with Crippen LogP contribution in [-0.2, 0) is 13.0 Å². The lowest BCUT2D eigenvalue weighted by Gasteiger charge is -2.30. The van der Waals surface area contributed by atoms with Gasteiger partial charge in [-0.3, -0.25) is 0 Å². The zero-order chi connectivity index (χ0) is 15.3. The maximum absolute atomic E-state index is 6.37. The van der Waals surface area contributed by atoms with Crippen LogP contribution in [0, 0.1) is 6.92 Å². The van der Waals surface area contributed by atoms with Crippen molar-refractivity contribution in [2.24, 2.45) is 0 Å². The predicted molar refractivity (Wildman–Crippen MR) is 88.9 cm³/mol. The molecule has 0 saturated carbocycles. The Morgan fingerprint density at radius 3 is 2.91 bits per heavy atom. The minimum atomic E-state index is 0.698. The van der Waals surface area contributed by atoms with Gasteiger partial charge in [-0.05, 0) is 42.7 Å². The molecule has 4 nitrogen and oxygen atoms in total. The van der Waals surface area contributed by atoms with Gasteiger partial charge in [0, 0.05) is 35.5 Å². The van der Waals surface area contributed by atoms with Crippen LogP contribution in [0.2, 0.25) is 10.0 Å². The summed E-state index contributed by atoms with van der Waals surface area (Å²) in [6, 6.07) is 5.88. The van der Waals surface area contributed by atoms with Gasteiger partial charge >= 0.3 is 0 Å². The Kier molecular flexibility index (Phi) is 3.24. The molecular formula is C16H14Cl2N4. The Morgan fingerprint density at radius 2 is 2.05 bits per heavy atom. The number of anilines is 1. The number of hydrogen-bond acceptors (Lipinski definition) is 3. The highest BCUT2D eigenvalue weighted by atomic mass is 35.5. The first kappa shape index (κ1) is 13.9. The molecule has 0 bridgehead atoms. The first-order valence-corrected chi connectivity index (χ1v) is 7.90. The Labute approximate surface area is 138 Å². The van der Waals surface area contributed by atoms with Crippen molar-refractivity contribution in [2.75, 3.05) is 11.4 Å². The summed E-state index contributed by atoms with van der Waals surface area (Å²) >= 11 is 12.5. The molecule has 0 aliphatic carbocycles. The molecule has 0 unspecified atom stereocenters. The van der Waals surface area contributed by atoms with Gasteiger partial charge in [0.1, 0.15) is 5.52 Å². The molecule has 0 fully saturated rings. The van der Waals surface area contributed by atoms with E-state index in [2.05, 4.69) is 21.0 Å². The van der Waals surface area contributed by atoms with Crippen LogP contribution in [0.25, 0.3) is 5.52 Å². The quantitative estimate of drug-likeness (QED) is 0.677. The number of rotatable bonds is 1. The van der Waals surface area contributed by atoms with Gasteiger partial charge in [0.25, 0.3) is 0 Å². The number of fused-ring (bicyclic) bond motifs is 2. The molecule has 0 atom stereocenters. The topological polar surface area (TPSA) is 33.4 Å². The summed E-state index contributed by atoms with van der Waals surface area (Å²) in [5.74, 6) is 0.944. The summed E-state index contributed by atoms with van der Waals surface area (Å²) in [7, 11) is 0. The van der Waals surface area contributed by atoms with Crippen molar-refractivity contribution < 1.29 is 0 Å². The van der Waals surface area contributed by atoms with Gasteiger partial charge in [0.15, 0.2) is 5.82 Å². The summed E-state index contributed by atoms with van der Waals surface area (Å²) < 4.78 is 1.87. The third-order valence-electron chi connectivity index (χ3n) is 4.04. The van der Waals surface area contributed by atoms with E-state index in [9.17, 15) is 0 Å². The van der Waals surface area contributed by atoms with E-state index in [0.29, 0.717) is 5.02 Å². The van der Waals surface area contributed by atoms with E-state index in [0.717, 1.165) is 47.1 Å². The van der Waals surface area contributed by atoms with Crippen molar-refractivity contribution in [3.63, 3.8) is 0 Å². The molecule has 0 N–H and O–H groups in total. The van der Waals surface area contributed by atoms with Crippen molar-refractivity contribution in [1.82, 2.24) is 14.6 Å². The number of nitrogens with zero attached hydrogens (tertiary/aromatic N) is 4. The summed E-state index contributed by atoms with van der Waals surface area (Å²) in [5, 5.41) is 5.87. The number of aromatic nitrogens is 3. The summed E-state index contributed by atoms with van der Waals surface area (Å²) in [4.78, 5) is 6.81. The summed E-state index contributed by atoms with van der Waals surface area (Å²) in [5.41, 5.74) is 4.37. The van der Waals surface area contributed by atoms with Crippen molar-refractivity contribution in [2.45, 2.75) is 19.9 Å². The van der Waals surface area contributed by atoms with E-state index in [4.69, 9.17) is 23.2 Å². The highest BCUT2D eigenvalue weighted by Crippen LogP contribution is 2.32. The third kappa shape index (κ3) is 2.23. The molecule has 3 heterocycles. The predicted octanol–water partition coefficient (Wildman–Crippen LogP) is 3.91. The molecule has 1 aliphatic rings. The van der Waals surface area contributed by atoms with Crippen molar-refractivity contribution in [1.29, 1.82) is 0 Å². The largest absolute Gasteiger partial charge is 0.350 e. The fourth-order valence-electron chi connectivity index (χ4n) is 3.04. The molecular weight excluding hydrogens is 319 g/mol. The van der Waals surface area contributed by atoms with Crippen LogP contribution in [0.3, 0.4) is 0 Å². The summed E-state index contributed by atoms with van der Waals surface area (Å²) in [6.45, 7) is 3.62. The van der Waals surface area contributed by atoms with Crippen LogP contribution in [0.5, 0.6) is 0 Å². The van der Waals surface area contributed by atoms with E-state index in [1.807, 2.05) is 29.8 Å². The van der Waals surface area contributed by atoms with Gasteiger partial charge in [0.2, 0.25) is 0 Å². The maximum atomic E-state index is 6.37. The fraction of sp³-hybridized carbons (Fsp3) is 0.250. The number of aryl methyl sites for hydroxylation is 1. The molecule has 0 amide bonds. The highest BCUT2D eigenvalue weighted by Gasteiger charge is 2.22. The van der Waals surface area contributed by atoms with Gasteiger partial charge in [0.05, 0.1) is 5.69 Å². The minimum Gasteiger partial charge on any atom is -0.350 e. The molecule has 4 rings (SSSR count). The maximum Gasteiger partial charge on any atom is 0.155 e. The highest BCUT2D eigenvalue weighted by molar-refractivity contribution is 6.35. The molecule has 0 saturated heterocycles. The number of halogens is 2. The molecule has 112 valence electrons. The number of benzene rings is 1. The average Bonchev–Trinajstić information content (AvgIpc) is 2.87. The lowest BCUT2D eigenvalue weighted by Crippen LogP contribution is -2.31. The molecule has 0 spiro atoms. The van der Waals surface area contributed by atoms with Gasteiger partial charge < -0.3 is 4.90 Å². The van der Waals surface area contributed by atoms with Crippen LogP contribution >= 0.6 is 23.2 Å². The second-order valence-corrected chi connectivity index (χ2v) is 6.41. The lowest BCUT2D eigenvalue weighted by atomic mass is 9.99. The SMILES string of the molecule is Cc1cc2c(N3CCc4cc(Cl)cc(Cl)c4C3)nccn2n1. The Hall–Kier alpha value is -1.78. The Balaban J connectivity index is 1.78. The minimum absolute atomic E-state index is 0.698. The van der Waals surface area contributed by atoms with E-state index < -0.39 is 0 Å². The lowest BCUT2D eigenvalue weighted by molar-refractivity contribution is 0.720. The van der Waals surface area contributed by atoms with Crippen molar-refractivity contribution in [3.05, 3.63) is 57.5 Å². The third-order valence-corrected chi connectivity index (χ3v) is 4.60. The summed E-state index contributed by atoms with van der Waals surface area (Å²) in [6.07, 6.45) is 4.57. The van der Waals surface area contributed by atoms with Gasteiger partial charge in [-0.25, -0.2) is 9.50 Å². The Bertz CT molecular complexity index is 872. The van der Waals surface area contributed by atoms with Crippen LogP contribution in [0.15, 0.2) is 30.6 Å². The molecule has 6 heteroatoms. The van der Waals surface area contributed by atoms with E-state index in [1.165, 1.54) is 5.56 Å². The smallest absolute Gasteiger partial charge is 0.155 e. The van der Waals surface area contributed by atoms with Crippen LogP contribution < -0.4 is 4.90 Å². The fourth-order valence-corrected chi connectivity index (χ4v) is 3.63. The molecule has 2 aromatic heterocycles. The molecule has 3 aromatic rings. The second kappa shape index (κ2) is 5.14. The van der Waals surface area contributed by atoms with Gasteiger partial charge in [-0.2, -0.15) is 5.10 Å². The normalized spacial score (nSPS) is 14.4. The molecule has 22 heavy (non-hydrogen) atoms. The number of hydrogen-bond donors (Lipinski definition) is 0. The Morgan fingerprint density at radius 1 is 1.18 bits per heavy atom. The molecule has 1 aliphatic heterocycles. The first-order valence-electron chi connectivity index (χ1n) is 7.14. The van der Waals surface area contributed by atoms with Crippen molar-refractivity contribution >= 4 is 34.5 Å². The zero-order valence-corrected chi connectivity index (χ0v) is 13.6. The van der Waals surface area contributed by atoms with Crippen molar-refractivity contribution in [3.8, 4) is 0 Å². The molecule has 0 radical (unpaired) electrons. The second-order valence-electron chi connectivity index (χ2n) is 5.56. The van der Waals surface area contributed by atoms with Crippen LogP contribution in [-0.4, -0.2) is 21.1 Å². The first-order chi connectivity index (χ1) is 10.6. The zero-order valence-electron chi connectivity index (χ0n) is 12.1. The van der Waals surface area contributed by atoms with E-state index in [1.54, 1.807) is 6.20 Å². The van der Waals surface area contributed by atoms with Crippen LogP contribution in [0.1, 0.15) is 16.8 Å². The van der Waals surface area contributed by atoms with E-state index >= 15 is 0 Å². The monoisotopic (exact) mass is 332 g/mol. The van der Waals surface area contributed by atoms with Gasteiger partial charge in [-0.15, -0.1) is 0 Å². The van der Waals surface area contributed by atoms with Crippen LogP contribution in [0.4, 0.5) is 5.82 Å². The molecule has 1 aromatic carbocycles. The van der Waals surface area contributed by atoms with Gasteiger partial charge in [-0.1, -0.05) is 23.2 Å². The van der Waals surface area contributed by atoms with E-state index in [-0.39, 0.29) is 0 Å².